The quantitative estimate of drug-likeness (QED) is 0.880. The molecule has 0 bridgehead atoms. The van der Waals surface area contributed by atoms with Crippen molar-refractivity contribution in [3.8, 4) is 6.07 Å². The Labute approximate surface area is 126 Å². The van der Waals surface area contributed by atoms with Crippen molar-refractivity contribution in [1.82, 2.24) is 0 Å². The number of nitriles is 1. The van der Waals surface area contributed by atoms with Crippen molar-refractivity contribution in [2.75, 3.05) is 5.73 Å². The fraction of sp³-hybridized carbons (Fsp3) is 0.0714. The summed E-state index contributed by atoms with van der Waals surface area (Å²) in [6.07, 6.45) is 0. The maximum Gasteiger partial charge on any atom is 0.185 e. The number of sulfone groups is 1. The minimum atomic E-state index is -3.90. The van der Waals surface area contributed by atoms with E-state index in [1.807, 2.05) is 6.07 Å². The predicted octanol–water partition coefficient (Wildman–Crippen LogP) is 2.91. The van der Waals surface area contributed by atoms with E-state index in [1.54, 1.807) is 0 Å². The van der Waals surface area contributed by atoms with Crippen molar-refractivity contribution in [2.45, 2.75) is 10.6 Å². The number of hydrogen-bond donors (Lipinski definition) is 1. The van der Waals surface area contributed by atoms with Crippen molar-refractivity contribution in [3.63, 3.8) is 0 Å². The van der Waals surface area contributed by atoms with Gasteiger partial charge in [-0.3, -0.25) is 0 Å². The highest BCUT2D eigenvalue weighted by atomic mass is 35.5. The van der Waals surface area contributed by atoms with E-state index in [0.717, 1.165) is 12.1 Å². The van der Waals surface area contributed by atoms with Crippen molar-refractivity contribution < 1.29 is 12.8 Å². The molecule has 0 saturated carbocycles. The number of nitrogens with two attached hydrogens (primary N) is 1. The summed E-state index contributed by atoms with van der Waals surface area (Å²) in [5, 5.41) is 8.88. The van der Waals surface area contributed by atoms with Crippen LogP contribution in [0.15, 0.2) is 41.3 Å². The lowest BCUT2D eigenvalue weighted by atomic mass is 10.2. The van der Waals surface area contributed by atoms with E-state index < -0.39 is 26.3 Å². The SMILES string of the molecule is N#Cc1ccc(CS(=O)(=O)c2ccc(N)cc2F)c(Cl)c1. The molecule has 2 rings (SSSR count). The Kier molecular flexibility index (Phi) is 4.16. The summed E-state index contributed by atoms with van der Waals surface area (Å²) in [6.45, 7) is 0. The predicted molar refractivity (Wildman–Crippen MR) is 77.9 cm³/mol. The van der Waals surface area contributed by atoms with Gasteiger partial charge in [-0.1, -0.05) is 17.7 Å². The fourth-order valence-electron chi connectivity index (χ4n) is 1.79. The number of halogens is 2. The van der Waals surface area contributed by atoms with Crippen LogP contribution in [0.2, 0.25) is 5.02 Å². The number of hydrogen-bond acceptors (Lipinski definition) is 4. The van der Waals surface area contributed by atoms with Crippen LogP contribution >= 0.6 is 11.6 Å². The smallest absolute Gasteiger partial charge is 0.185 e. The third-order valence-corrected chi connectivity index (χ3v) is 4.86. The van der Waals surface area contributed by atoms with Gasteiger partial charge in [0, 0.05) is 10.7 Å². The van der Waals surface area contributed by atoms with E-state index in [0.29, 0.717) is 11.1 Å². The molecule has 0 aliphatic carbocycles. The molecular weight excluding hydrogens is 315 g/mol. The zero-order valence-corrected chi connectivity index (χ0v) is 12.2. The van der Waals surface area contributed by atoms with Crippen LogP contribution in [0.25, 0.3) is 0 Å². The lowest BCUT2D eigenvalue weighted by molar-refractivity contribution is 0.567. The van der Waals surface area contributed by atoms with Crippen molar-refractivity contribution in [3.05, 3.63) is 58.4 Å². The van der Waals surface area contributed by atoms with Gasteiger partial charge in [-0.2, -0.15) is 5.26 Å². The summed E-state index contributed by atoms with van der Waals surface area (Å²) in [7, 11) is -3.90. The highest BCUT2D eigenvalue weighted by Gasteiger charge is 2.21. The van der Waals surface area contributed by atoms with Gasteiger partial charge in [-0.05, 0) is 35.9 Å². The van der Waals surface area contributed by atoms with E-state index in [9.17, 15) is 12.8 Å². The number of anilines is 1. The molecule has 21 heavy (non-hydrogen) atoms. The third kappa shape index (κ3) is 3.32. The number of rotatable bonds is 3. The van der Waals surface area contributed by atoms with Gasteiger partial charge in [0.05, 0.1) is 17.4 Å². The van der Waals surface area contributed by atoms with Crippen LogP contribution in [0.5, 0.6) is 0 Å². The summed E-state index contributed by atoms with van der Waals surface area (Å²) < 4.78 is 38.2. The second-order valence-electron chi connectivity index (χ2n) is 4.37. The molecule has 0 fully saturated rings. The minimum absolute atomic E-state index is 0.142. The molecule has 0 heterocycles. The molecule has 0 aliphatic heterocycles. The van der Waals surface area contributed by atoms with E-state index in [2.05, 4.69) is 0 Å². The Morgan fingerprint density at radius 1 is 1.24 bits per heavy atom. The Bertz CT molecular complexity index is 845. The molecular formula is C14H10ClFN2O2S. The molecule has 0 aromatic heterocycles. The normalized spacial score (nSPS) is 11.1. The lowest BCUT2D eigenvalue weighted by Crippen LogP contribution is -2.08. The van der Waals surface area contributed by atoms with Gasteiger partial charge < -0.3 is 5.73 Å². The van der Waals surface area contributed by atoms with Crippen LogP contribution in [0.4, 0.5) is 10.1 Å². The van der Waals surface area contributed by atoms with Gasteiger partial charge in [-0.25, -0.2) is 12.8 Å². The largest absolute Gasteiger partial charge is 0.399 e. The number of benzene rings is 2. The first-order chi connectivity index (χ1) is 9.83. The van der Waals surface area contributed by atoms with E-state index in [4.69, 9.17) is 22.6 Å². The molecule has 7 heteroatoms. The van der Waals surface area contributed by atoms with Crippen LogP contribution in [0, 0.1) is 17.1 Å². The Hall–Kier alpha value is -2.10. The third-order valence-electron chi connectivity index (χ3n) is 2.82. The highest BCUT2D eigenvalue weighted by molar-refractivity contribution is 7.90. The molecule has 0 saturated heterocycles. The Balaban J connectivity index is 2.40. The second-order valence-corrected chi connectivity index (χ2v) is 6.73. The van der Waals surface area contributed by atoms with Gasteiger partial charge in [0.25, 0.3) is 0 Å². The maximum atomic E-state index is 13.7. The van der Waals surface area contributed by atoms with Crippen molar-refractivity contribution in [2.24, 2.45) is 0 Å². The average molecular weight is 325 g/mol. The topological polar surface area (TPSA) is 84.0 Å². The van der Waals surface area contributed by atoms with Gasteiger partial charge in [0.2, 0.25) is 0 Å². The van der Waals surface area contributed by atoms with Gasteiger partial charge in [0.1, 0.15) is 10.7 Å². The van der Waals surface area contributed by atoms with Crippen LogP contribution in [0.3, 0.4) is 0 Å². The molecule has 108 valence electrons. The van der Waals surface area contributed by atoms with Crippen LogP contribution in [0.1, 0.15) is 11.1 Å². The van der Waals surface area contributed by atoms with Gasteiger partial charge in [-0.15, -0.1) is 0 Å². The van der Waals surface area contributed by atoms with Crippen LogP contribution < -0.4 is 5.73 Å². The summed E-state index contributed by atoms with van der Waals surface area (Å²) in [5.41, 5.74) is 6.15. The van der Waals surface area contributed by atoms with Gasteiger partial charge >= 0.3 is 0 Å². The molecule has 0 aliphatic rings. The monoisotopic (exact) mass is 324 g/mol. The lowest BCUT2D eigenvalue weighted by Gasteiger charge is -2.08. The molecule has 0 atom stereocenters. The van der Waals surface area contributed by atoms with Gasteiger partial charge in [0.15, 0.2) is 9.84 Å². The first kappa shape index (κ1) is 15.3. The fourth-order valence-corrected chi connectivity index (χ4v) is 3.56. The van der Waals surface area contributed by atoms with E-state index in [1.165, 1.54) is 24.3 Å². The molecule has 2 aromatic rings. The first-order valence-electron chi connectivity index (χ1n) is 5.80. The second kappa shape index (κ2) is 5.72. The standard InChI is InChI=1S/C14H10ClFN2O2S/c15-12-5-9(7-17)1-2-10(12)8-21(19,20)14-4-3-11(18)6-13(14)16/h1-6H,8,18H2. The average Bonchev–Trinajstić information content (AvgIpc) is 2.40. The number of nitrogens with zero attached hydrogens (tertiary/aromatic N) is 1. The van der Waals surface area contributed by atoms with E-state index in [-0.39, 0.29) is 10.7 Å². The van der Waals surface area contributed by atoms with Crippen molar-refractivity contribution >= 4 is 27.1 Å². The zero-order valence-electron chi connectivity index (χ0n) is 10.7. The molecule has 4 nitrogen and oxygen atoms in total. The van der Waals surface area contributed by atoms with Crippen LogP contribution in [-0.2, 0) is 15.6 Å². The summed E-state index contributed by atoms with van der Waals surface area (Å²) >= 11 is 5.94. The first-order valence-corrected chi connectivity index (χ1v) is 7.83. The number of nitrogen functional groups attached to an aromatic ring is 1. The van der Waals surface area contributed by atoms with Crippen molar-refractivity contribution in [1.29, 1.82) is 5.26 Å². The maximum absolute atomic E-state index is 13.7. The molecule has 0 amide bonds. The summed E-state index contributed by atoms with van der Waals surface area (Å²) in [5.74, 6) is -1.36. The molecule has 2 N–H and O–H groups in total. The molecule has 2 aromatic carbocycles. The zero-order chi connectivity index (χ0) is 15.6. The molecule has 0 radical (unpaired) electrons. The summed E-state index contributed by atoms with van der Waals surface area (Å²) in [4.78, 5) is -0.433. The Morgan fingerprint density at radius 2 is 1.95 bits per heavy atom. The Morgan fingerprint density at radius 3 is 2.52 bits per heavy atom. The minimum Gasteiger partial charge on any atom is -0.399 e. The highest BCUT2D eigenvalue weighted by Crippen LogP contribution is 2.25. The van der Waals surface area contributed by atoms with Crippen LogP contribution in [-0.4, -0.2) is 8.42 Å². The van der Waals surface area contributed by atoms with E-state index >= 15 is 0 Å². The molecule has 0 unspecified atom stereocenters. The summed E-state index contributed by atoms with van der Waals surface area (Å²) in [6, 6.07) is 9.55. The molecule has 0 spiro atoms.